The third-order valence-electron chi connectivity index (χ3n) is 4.12. The minimum Gasteiger partial charge on any atom is -0.459 e. The fourth-order valence-electron chi connectivity index (χ4n) is 2.64. The summed E-state index contributed by atoms with van der Waals surface area (Å²) in [4.78, 5) is 16.1. The van der Waals surface area contributed by atoms with Crippen LogP contribution in [0.25, 0.3) is 0 Å². The van der Waals surface area contributed by atoms with Crippen molar-refractivity contribution in [1.29, 1.82) is 0 Å². The summed E-state index contributed by atoms with van der Waals surface area (Å²) in [6.07, 6.45) is 2.28. The van der Waals surface area contributed by atoms with Crippen LogP contribution in [0.3, 0.4) is 0 Å². The summed E-state index contributed by atoms with van der Waals surface area (Å²) >= 11 is 0. The van der Waals surface area contributed by atoms with Crippen LogP contribution in [0.2, 0.25) is 0 Å². The number of guanidine groups is 1. The van der Waals surface area contributed by atoms with Gasteiger partial charge in [0.15, 0.2) is 23.2 Å². The Morgan fingerprint density at radius 2 is 1.93 bits per heavy atom. The number of ether oxygens (including phenoxy) is 2. The van der Waals surface area contributed by atoms with E-state index in [1.165, 1.54) is 6.26 Å². The predicted octanol–water partition coefficient (Wildman–Crippen LogP) is 1.80. The quantitative estimate of drug-likeness (QED) is 0.390. The number of hydrogen-bond donors (Lipinski definition) is 3. The molecule has 0 spiro atoms. The molecule has 2 aromatic rings. The lowest BCUT2D eigenvalue weighted by Gasteiger charge is -2.12. The van der Waals surface area contributed by atoms with Crippen molar-refractivity contribution in [3.63, 3.8) is 0 Å². The van der Waals surface area contributed by atoms with Gasteiger partial charge in [-0.3, -0.25) is 9.79 Å². The summed E-state index contributed by atoms with van der Waals surface area (Å²) < 4.78 is 15.9. The molecule has 27 heavy (non-hydrogen) atoms. The van der Waals surface area contributed by atoms with Crippen molar-refractivity contribution < 1.29 is 18.7 Å². The molecule has 3 N–H and O–H groups in total. The third kappa shape index (κ3) is 4.93. The van der Waals surface area contributed by atoms with Crippen molar-refractivity contribution in [2.45, 2.75) is 19.9 Å². The maximum atomic E-state index is 11.9. The van der Waals surface area contributed by atoms with Gasteiger partial charge in [0, 0.05) is 32.2 Å². The van der Waals surface area contributed by atoms with Crippen molar-refractivity contribution in [2.75, 3.05) is 26.9 Å². The van der Waals surface area contributed by atoms with Gasteiger partial charge >= 0.3 is 0 Å². The second kappa shape index (κ2) is 8.98. The Bertz CT molecular complexity index is 816. The normalized spacial score (nSPS) is 12.7. The molecule has 144 valence electrons. The van der Waals surface area contributed by atoms with Crippen LogP contribution >= 0.6 is 0 Å². The number of benzene rings is 1. The molecule has 0 unspecified atom stereocenters. The highest BCUT2D eigenvalue weighted by atomic mass is 16.7. The van der Waals surface area contributed by atoms with Gasteiger partial charge in [-0.1, -0.05) is 6.07 Å². The summed E-state index contributed by atoms with van der Waals surface area (Å²) in [5, 5.41) is 9.31. The molecular formula is C19H24N4O4. The Labute approximate surface area is 157 Å². The maximum Gasteiger partial charge on any atom is 0.287 e. The second-order valence-corrected chi connectivity index (χ2v) is 6.08. The molecule has 8 heteroatoms. The van der Waals surface area contributed by atoms with Crippen LogP contribution in [-0.4, -0.2) is 38.8 Å². The first kappa shape index (κ1) is 18.6. The molecule has 3 rings (SSSR count). The highest BCUT2D eigenvalue weighted by Crippen LogP contribution is 2.32. The summed E-state index contributed by atoms with van der Waals surface area (Å²) in [6.45, 7) is 3.95. The molecular weight excluding hydrogens is 348 g/mol. The third-order valence-corrected chi connectivity index (χ3v) is 4.12. The van der Waals surface area contributed by atoms with Gasteiger partial charge < -0.3 is 29.8 Å². The molecule has 1 aromatic carbocycles. The molecule has 0 bridgehead atoms. The molecule has 8 nitrogen and oxygen atoms in total. The number of rotatable bonds is 7. The van der Waals surface area contributed by atoms with Crippen molar-refractivity contribution in [1.82, 2.24) is 16.0 Å². The molecule has 0 aliphatic carbocycles. The van der Waals surface area contributed by atoms with Crippen molar-refractivity contribution >= 4 is 11.9 Å². The SMILES string of the molecule is CN=C(NCCCNC(=O)c1occc1C)NCc1ccc2c(c1)OCO2. The number of fused-ring (bicyclic) bond motifs is 1. The van der Waals surface area contributed by atoms with E-state index in [9.17, 15) is 4.79 Å². The maximum absolute atomic E-state index is 11.9. The minimum atomic E-state index is -0.192. The van der Waals surface area contributed by atoms with E-state index in [0.29, 0.717) is 31.4 Å². The molecule has 0 saturated carbocycles. The lowest BCUT2D eigenvalue weighted by atomic mass is 10.2. The van der Waals surface area contributed by atoms with Crippen LogP contribution in [-0.2, 0) is 6.54 Å². The fourth-order valence-corrected chi connectivity index (χ4v) is 2.64. The number of furan rings is 1. The predicted molar refractivity (Wildman–Crippen MR) is 101 cm³/mol. The number of amides is 1. The van der Waals surface area contributed by atoms with E-state index in [4.69, 9.17) is 13.9 Å². The summed E-state index contributed by atoms with van der Waals surface area (Å²) in [5.41, 5.74) is 1.90. The zero-order valence-electron chi connectivity index (χ0n) is 15.5. The average Bonchev–Trinajstić information content (AvgIpc) is 3.31. The van der Waals surface area contributed by atoms with Gasteiger partial charge in [-0.2, -0.15) is 0 Å². The van der Waals surface area contributed by atoms with Crippen molar-refractivity contribution in [3.05, 3.63) is 47.4 Å². The van der Waals surface area contributed by atoms with Gasteiger partial charge in [0.2, 0.25) is 6.79 Å². The van der Waals surface area contributed by atoms with Crippen LogP contribution in [0.4, 0.5) is 0 Å². The fraction of sp³-hybridized carbons (Fsp3) is 0.368. The number of nitrogens with zero attached hydrogens (tertiary/aromatic N) is 1. The zero-order chi connectivity index (χ0) is 19.1. The molecule has 1 aromatic heterocycles. The summed E-state index contributed by atoms with van der Waals surface area (Å²) in [5.74, 6) is 2.40. The lowest BCUT2D eigenvalue weighted by molar-refractivity contribution is 0.0925. The van der Waals surface area contributed by atoms with E-state index in [2.05, 4.69) is 20.9 Å². The first-order valence-corrected chi connectivity index (χ1v) is 8.82. The standard InChI is InChI=1S/C19H24N4O4/c1-13-6-9-25-17(13)18(24)21-7-3-8-22-19(20-2)23-11-14-4-5-15-16(10-14)27-12-26-15/h4-6,9-10H,3,7-8,11-12H2,1-2H3,(H,21,24)(H2,20,22,23). The summed E-state index contributed by atoms with van der Waals surface area (Å²) in [6, 6.07) is 7.61. The Morgan fingerprint density at radius 3 is 2.70 bits per heavy atom. The molecule has 1 aliphatic rings. The molecule has 2 heterocycles. The van der Waals surface area contributed by atoms with E-state index in [-0.39, 0.29) is 12.7 Å². The Kier molecular flexibility index (Phi) is 6.19. The minimum absolute atomic E-state index is 0.192. The van der Waals surface area contributed by atoms with Crippen LogP contribution in [0.15, 0.2) is 39.9 Å². The smallest absolute Gasteiger partial charge is 0.287 e. The van der Waals surface area contributed by atoms with E-state index >= 15 is 0 Å². The topological polar surface area (TPSA) is 97.1 Å². The number of aryl methyl sites for hydroxylation is 1. The van der Waals surface area contributed by atoms with Gasteiger partial charge in [-0.25, -0.2) is 0 Å². The van der Waals surface area contributed by atoms with E-state index in [1.807, 2.05) is 25.1 Å². The Hall–Kier alpha value is -3.16. The summed E-state index contributed by atoms with van der Waals surface area (Å²) in [7, 11) is 1.72. The Morgan fingerprint density at radius 1 is 1.11 bits per heavy atom. The van der Waals surface area contributed by atoms with Crippen LogP contribution in [0.1, 0.15) is 28.1 Å². The Balaban J connectivity index is 1.34. The number of carbonyl (C=O) groups excluding carboxylic acids is 1. The monoisotopic (exact) mass is 372 g/mol. The number of carbonyl (C=O) groups is 1. The lowest BCUT2D eigenvalue weighted by Crippen LogP contribution is -2.38. The van der Waals surface area contributed by atoms with Crippen molar-refractivity contribution in [2.24, 2.45) is 4.99 Å². The molecule has 1 aliphatic heterocycles. The van der Waals surface area contributed by atoms with Crippen molar-refractivity contribution in [3.8, 4) is 11.5 Å². The average molecular weight is 372 g/mol. The molecule has 0 saturated heterocycles. The first-order valence-electron chi connectivity index (χ1n) is 8.82. The van der Waals surface area contributed by atoms with E-state index < -0.39 is 0 Å². The van der Waals surface area contributed by atoms with E-state index in [1.54, 1.807) is 13.1 Å². The number of hydrogen-bond acceptors (Lipinski definition) is 5. The van der Waals surface area contributed by atoms with Gasteiger partial charge in [-0.05, 0) is 37.1 Å². The van der Waals surface area contributed by atoms with Gasteiger partial charge in [0.25, 0.3) is 5.91 Å². The molecule has 0 atom stereocenters. The zero-order valence-corrected chi connectivity index (χ0v) is 15.5. The highest BCUT2D eigenvalue weighted by Gasteiger charge is 2.13. The van der Waals surface area contributed by atoms with Crippen LogP contribution in [0, 0.1) is 6.92 Å². The van der Waals surface area contributed by atoms with Crippen LogP contribution < -0.4 is 25.4 Å². The highest BCUT2D eigenvalue weighted by molar-refractivity contribution is 5.92. The van der Waals surface area contributed by atoms with Gasteiger partial charge in [0.05, 0.1) is 6.26 Å². The first-order chi connectivity index (χ1) is 13.2. The second-order valence-electron chi connectivity index (χ2n) is 6.08. The van der Waals surface area contributed by atoms with Gasteiger partial charge in [0.1, 0.15) is 0 Å². The van der Waals surface area contributed by atoms with Crippen LogP contribution in [0.5, 0.6) is 11.5 Å². The molecule has 1 amide bonds. The van der Waals surface area contributed by atoms with Gasteiger partial charge in [-0.15, -0.1) is 0 Å². The molecule has 0 fully saturated rings. The number of aliphatic imine (C=N–C) groups is 1. The number of nitrogens with one attached hydrogen (secondary N) is 3. The molecule has 0 radical (unpaired) electrons. The largest absolute Gasteiger partial charge is 0.459 e. The van der Waals surface area contributed by atoms with E-state index in [0.717, 1.165) is 29.0 Å².